The van der Waals surface area contributed by atoms with Crippen molar-refractivity contribution in [2.45, 2.75) is 6.42 Å². The van der Waals surface area contributed by atoms with Crippen LogP contribution in [0.1, 0.15) is 6.42 Å². The van der Waals surface area contributed by atoms with Crippen LogP contribution in [0, 0.1) is 5.92 Å². The first kappa shape index (κ1) is 11.1. The number of rotatable bonds is 4. The molecule has 1 atom stereocenters. The lowest BCUT2D eigenvalue weighted by Crippen LogP contribution is -2.24. The SMILES string of the molecule is CNCC1CCN(c2cc(OC)ncn2)C1. The fraction of sp³-hybridized carbons (Fsp3) is 0.636. The van der Waals surface area contributed by atoms with Crippen LogP contribution in [0.4, 0.5) is 5.82 Å². The summed E-state index contributed by atoms with van der Waals surface area (Å²) in [5.41, 5.74) is 0. The first-order valence-electron chi connectivity index (χ1n) is 5.59. The molecule has 88 valence electrons. The van der Waals surface area contributed by atoms with Crippen LogP contribution in [0.15, 0.2) is 12.4 Å². The Hall–Kier alpha value is -1.36. The molecule has 1 unspecified atom stereocenters. The average molecular weight is 222 g/mol. The van der Waals surface area contributed by atoms with Crippen LogP contribution in [0.3, 0.4) is 0 Å². The summed E-state index contributed by atoms with van der Waals surface area (Å²) >= 11 is 0. The summed E-state index contributed by atoms with van der Waals surface area (Å²) in [5.74, 6) is 2.30. The second-order valence-corrected chi connectivity index (χ2v) is 4.08. The minimum atomic E-state index is 0.627. The Balaban J connectivity index is 2.02. The summed E-state index contributed by atoms with van der Waals surface area (Å²) in [4.78, 5) is 10.6. The zero-order valence-corrected chi connectivity index (χ0v) is 9.81. The van der Waals surface area contributed by atoms with Crippen molar-refractivity contribution in [1.82, 2.24) is 15.3 Å². The lowest BCUT2D eigenvalue weighted by molar-refractivity contribution is 0.397. The molecule has 0 amide bonds. The third-order valence-electron chi connectivity index (χ3n) is 2.94. The van der Waals surface area contributed by atoms with Gasteiger partial charge >= 0.3 is 0 Å². The van der Waals surface area contributed by atoms with Gasteiger partial charge in [0.25, 0.3) is 0 Å². The average Bonchev–Trinajstić information content (AvgIpc) is 2.78. The van der Waals surface area contributed by atoms with Crippen molar-refractivity contribution in [2.75, 3.05) is 38.7 Å². The molecule has 0 bridgehead atoms. The first-order chi connectivity index (χ1) is 7.83. The standard InChI is InChI=1S/C11H18N4O/c1-12-6-9-3-4-15(7-9)10-5-11(16-2)14-8-13-10/h5,8-9,12H,3-4,6-7H2,1-2H3. The van der Waals surface area contributed by atoms with E-state index < -0.39 is 0 Å². The molecule has 0 spiro atoms. The Morgan fingerprint density at radius 2 is 2.44 bits per heavy atom. The Labute approximate surface area is 95.8 Å². The molecule has 0 radical (unpaired) electrons. The number of nitrogens with one attached hydrogen (secondary N) is 1. The van der Waals surface area contributed by atoms with Crippen molar-refractivity contribution in [3.63, 3.8) is 0 Å². The van der Waals surface area contributed by atoms with Crippen molar-refractivity contribution in [3.05, 3.63) is 12.4 Å². The highest BCUT2D eigenvalue weighted by molar-refractivity contribution is 5.41. The third kappa shape index (κ3) is 2.41. The normalized spacial score (nSPS) is 20.1. The van der Waals surface area contributed by atoms with E-state index in [1.165, 1.54) is 6.42 Å². The van der Waals surface area contributed by atoms with Gasteiger partial charge in [0.05, 0.1) is 7.11 Å². The second kappa shape index (κ2) is 5.12. The predicted molar refractivity (Wildman–Crippen MR) is 62.8 cm³/mol. The van der Waals surface area contributed by atoms with E-state index in [-0.39, 0.29) is 0 Å². The van der Waals surface area contributed by atoms with E-state index in [1.54, 1.807) is 13.4 Å². The van der Waals surface area contributed by atoms with Crippen molar-refractivity contribution < 1.29 is 4.74 Å². The van der Waals surface area contributed by atoms with Gasteiger partial charge in [0.15, 0.2) is 0 Å². The molecule has 2 rings (SSSR count). The fourth-order valence-corrected chi connectivity index (χ4v) is 2.11. The van der Waals surface area contributed by atoms with Gasteiger partial charge in [-0.1, -0.05) is 0 Å². The van der Waals surface area contributed by atoms with E-state index in [0.29, 0.717) is 11.8 Å². The van der Waals surface area contributed by atoms with Crippen LogP contribution in [0.5, 0.6) is 5.88 Å². The van der Waals surface area contributed by atoms with Gasteiger partial charge < -0.3 is 15.0 Å². The highest BCUT2D eigenvalue weighted by Gasteiger charge is 2.23. The van der Waals surface area contributed by atoms with Crippen LogP contribution in [0.2, 0.25) is 0 Å². The van der Waals surface area contributed by atoms with Crippen molar-refractivity contribution >= 4 is 5.82 Å². The molecular formula is C11H18N4O. The summed E-state index contributed by atoms with van der Waals surface area (Å²) in [6.45, 7) is 3.19. The Kier molecular flexibility index (Phi) is 3.56. The molecule has 1 N–H and O–H groups in total. The molecule has 1 aliphatic rings. The van der Waals surface area contributed by atoms with Gasteiger partial charge in [-0.3, -0.25) is 0 Å². The zero-order chi connectivity index (χ0) is 11.4. The molecule has 1 saturated heterocycles. The van der Waals surface area contributed by atoms with Crippen molar-refractivity contribution in [2.24, 2.45) is 5.92 Å². The van der Waals surface area contributed by atoms with Gasteiger partial charge in [0.1, 0.15) is 12.1 Å². The number of hydrogen-bond acceptors (Lipinski definition) is 5. The monoisotopic (exact) mass is 222 g/mol. The van der Waals surface area contributed by atoms with E-state index in [4.69, 9.17) is 4.74 Å². The van der Waals surface area contributed by atoms with Crippen LogP contribution in [-0.4, -0.2) is 43.8 Å². The van der Waals surface area contributed by atoms with E-state index in [2.05, 4.69) is 20.2 Å². The molecule has 0 saturated carbocycles. The minimum Gasteiger partial charge on any atom is -0.481 e. The topological polar surface area (TPSA) is 50.3 Å². The quantitative estimate of drug-likeness (QED) is 0.805. The fourth-order valence-electron chi connectivity index (χ4n) is 2.11. The molecule has 1 fully saturated rings. The largest absolute Gasteiger partial charge is 0.481 e. The molecule has 1 aliphatic heterocycles. The highest BCUT2D eigenvalue weighted by atomic mass is 16.5. The molecule has 16 heavy (non-hydrogen) atoms. The number of anilines is 1. The summed E-state index contributed by atoms with van der Waals surface area (Å²) in [6.07, 6.45) is 2.77. The first-order valence-corrected chi connectivity index (χ1v) is 5.59. The number of nitrogens with zero attached hydrogens (tertiary/aromatic N) is 3. The molecule has 1 aromatic rings. The third-order valence-corrected chi connectivity index (χ3v) is 2.94. The summed E-state index contributed by atoms with van der Waals surface area (Å²) in [7, 11) is 3.62. The maximum atomic E-state index is 5.10. The summed E-state index contributed by atoms with van der Waals surface area (Å²) < 4.78 is 5.10. The van der Waals surface area contributed by atoms with E-state index in [0.717, 1.165) is 25.5 Å². The lowest BCUT2D eigenvalue weighted by atomic mass is 10.1. The zero-order valence-electron chi connectivity index (χ0n) is 9.81. The molecule has 1 aromatic heterocycles. The Morgan fingerprint density at radius 1 is 1.56 bits per heavy atom. The highest BCUT2D eigenvalue weighted by Crippen LogP contribution is 2.23. The molecule has 5 heteroatoms. The van der Waals surface area contributed by atoms with Crippen molar-refractivity contribution in [3.8, 4) is 5.88 Å². The van der Waals surface area contributed by atoms with Gasteiger partial charge in [-0.05, 0) is 25.9 Å². The van der Waals surface area contributed by atoms with E-state index >= 15 is 0 Å². The van der Waals surface area contributed by atoms with Crippen molar-refractivity contribution in [1.29, 1.82) is 0 Å². The molecule has 2 heterocycles. The molecule has 0 aliphatic carbocycles. The van der Waals surface area contributed by atoms with Crippen LogP contribution < -0.4 is 15.0 Å². The number of ether oxygens (including phenoxy) is 1. The van der Waals surface area contributed by atoms with E-state index in [9.17, 15) is 0 Å². The second-order valence-electron chi connectivity index (χ2n) is 4.08. The molecule has 5 nitrogen and oxygen atoms in total. The van der Waals surface area contributed by atoms with Gasteiger partial charge in [-0.2, -0.15) is 0 Å². The molecule has 0 aromatic carbocycles. The number of aromatic nitrogens is 2. The van der Waals surface area contributed by atoms with Crippen LogP contribution >= 0.6 is 0 Å². The lowest BCUT2D eigenvalue weighted by Gasteiger charge is -2.17. The maximum Gasteiger partial charge on any atom is 0.218 e. The Morgan fingerprint density at radius 3 is 3.19 bits per heavy atom. The van der Waals surface area contributed by atoms with Crippen LogP contribution in [-0.2, 0) is 0 Å². The van der Waals surface area contributed by atoms with E-state index in [1.807, 2.05) is 13.1 Å². The molecular weight excluding hydrogens is 204 g/mol. The maximum absolute atomic E-state index is 5.10. The predicted octanol–water partition coefficient (Wildman–Crippen LogP) is 0.531. The van der Waals surface area contributed by atoms with Gasteiger partial charge in [-0.15, -0.1) is 0 Å². The number of methoxy groups -OCH3 is 1. The number of hydrogen-bond donors (Lipinski definition) is 1. The smallest absolute Gasteiger partial charge is 0.218 e. The summed E-state index contributed by atoms with van der Waals surface area (Å²) in [5, 5.41) is 3.22. The van der Waals surface area contributed by atoms with Gasteiger partial charge in [-0.25, -0.2) is 9.97 Å². The van der Waals surface area contributed by atoms with Crippen LogP contribution in [0.25, 0.3) is 0 Å². The summed E-state index contributed by atoms with van der Waals surface area (Å²) in [6, 6.07) is 1.89. The minimum absolute atomic E-state index is 0.627. The van der Waals surface area contributed by atoms with Gasteiger partial charge in [0.2, 0.25) is 5.88 Å². The Bertz CT molecular complexity index is 345. The van der Waals surface area contributed by atoms with Gasteiger partial charge in [0, 0.05) is 19.2 Å².